The van der Waals surface area contributed by atoms with Crippen molar-refractivity contribution in [2.75, 3.05) is 0 Å². The number of hydrogen-bond donors (Lipinski definition) is 1. The monoisotopic (exact) mass is 271 g/mol. The van der Waals surface area contributed by atoms with Gasteiger partial charge in [0.2, 0.25) is 0 Å². The van der Waals surface area contributed by atoms with Gasteiger partial charge in [0.05, 0.1) is 11.2 Å². The summed E-state index contributed by atoms with van der Waals surface area (Å²) in [5.41, 5.74) is -2.30. The lowest BCUT2D eigenvalue weighted by atomic mass is 9.41. The Morgan fingerprint density at radius 2 is 1.00 bits per heavy atom. The van der Waals surface area contributed by atoms with Gasteiger partial charge in [-0.3, -0.25) is 0 Å². The first-order valence-electron chi connectivity index (χ1n) is 6.85. The van der Waals surface area contributed by atoms with Crippen LogP contribution in [0.15, 0.2) is 0 Å². The van der Waals surface area contributed by atoms with E-state index in [1.54, 1.807) is 0 Å². The summed E-state index contributed by atoms with van der Waals surface area (Å²) in [4.78, 5) is 0. The second-order valence-electron chi connectivity index (χ2n) is 7.61. The van der Waals surface area contributed by atoms with Gasteiger partial charge in [0.1, 0.15) is 0 Å². The van der Waals surface area contributed by atoms with Gasteiger partial charge in [-0.1, -0.05) is 0 Å². The summed E-state index contributed by atoms with van der Waals surface area (Å²) in [6.07, 6.45) is 0. The molecule has 0 radical (unpaired) electrons. The van der Waals surface area contributed by atoms with E-state index >= 15 is 0 Å². The second-order valence-corrected chi connectivity index (χ2v) is 7.61. The highest BCUT2D eigenvalue weighted by molar-refractivity contribution is 7.18. The van der Waals surface area contributed by atoms with Crippen molar-refractivity contribution >= 4 is 13.7 Å². The van der Waals surface area contributed by atoms with E-state index in [-0.39, 0.29) is 0 Å². The summed E-state index contributed by atoms with van der Waals surface area (Å²) in [5.74, 6) is 0. The van der Waals surface area contributed by atoms with Gasteiger partial charge in [-0.2, -0.15) is 0 Å². The molecule has 1 N–H and O–H groups in total. The van der Waals surface area contributed by atoms with Crippen LogP contribution in [-0.2, 0) is 18.6 Å². The Hall–Kier alpha value is -0.0701. The fourth-order valence-corrected chi connectivity index (χ4v) is 2.32. The number of rotatable bonds is 1. The fourth-order valence-electron chi connectivity index (χ4n) is 2.32. The van der Waals surface area contributed by atoms with Crippen molar-refractivity contribution in [2.45, 2.75) is 77.8 Å². The highest BCUT2D eigenvalue weighted by Crippen LogP contribution is 2.46. The Labute approximate surface area is 116 Å². The van der Waals surface area contributed by atoms with Crippen LogP contribution >= 0.6 is 0 Å². The van der Waals surface area contributed by atoms with E-state index in [0.717, 1.165) is 0 Å². The van der Waals surface area contributed by atoms with E-state index in [9.17, 15) is 5.02 Å². The van der Waals surface area contributed by atoms with Gasteiger partial charge >= 0.3 is 13.7 Å². The molecule has 7 heteroatoms. The van der Waals surface area contributed by atoms with Crippen molar-refractivity contribution in [3.8, 4) is 0 Å². The first kappa shape index (κ1) is 15.3. The summed E-state index contributed by atoms with van der Waals surface area (Å²) in [6.45, 7) is 12.6. The topological polar surface area (TPSA) is 57.2 Å². The summed E-state index contributed by atoms with van der Waals surface area (Å²) < 4.78 is 23.2. The molecular weight excluding hydrogens is 246 g/mol. The van der Waals surface area contributed by atoms with Gasteiger partial charge in [-0.15, -0.1) is 0 Å². The van der Waals surface area contributed by atoms with Crippen LogP contribution in [-0.4, -0.2) is 41.1 Å². The van der Waals surface area contributed by atoms with Crippen molar-refractivity contribution in [3.63, 3.8) is 0 Å². The lowest BCUT2D eigenvalue weighted by Crippen LogP contribution is -2.57. The van der Waals surface area contributed by atoms with Crippen LogP contribution in [0.1, 0.15) is 55.4 Å². The molecule has 2 heterocycles. The number of hydrogen-bond acceptors (Lipinski definition) is 5. The van der Waals surface area contributed by atoms with E-state index < -0.39 is 36.1 Å². The van der Waals surface area contributed by atoms with Crippen LogP contribution in [0.2, 0.25) is 0 Å². The average Bonchev–Trinajstić information content (AvgIpc) is 2.42. The van der Waals surface area contributed by atoms with Gasteiger partial charge in [0, 0.05) is 11.2 Å². The second kappa shape index (κ2) is 3.77. The van der Waals surface area contributed by atoms with E-state index in [2.05, 4.69) is 0 Å². The van der Waals surface area contributed by atoms with Crippen LogP contribution in [0.4, 0.5) is 0 Å². The maximum atomic E-state index is 10.7. The highest BCUT2D eigenvalue weighted by atomic mass is 16.8. The van der Waals surface area contributed by atoms with Crippen LogP contribution in [0, 0.1) is 0 Å². The van der Waals surface area contributed by atoms with Gasteiger partial charge in [0.25, 0.3) is 0 Å². The molecule has 2 aliphatic heterocycles. The Morgan fingerprint density at radius 1 is 0.684 bits per heavy atom. The summed E-state index contributed by atoms with van der Waals surface area (Å²) >= 11 is 0. The van der Waals surface area contributed by atoms with Gasteiger partial charge in [-0.25, -0.2) is 0 Å². The van der Waals surface area contributed by atoms with E-state index in [0.29, 0.717) is 0 Å². The summed E-state index contributed by atoms with van der Waals surface area (Å²) in [5, 5.41) is 10.7. The normalized spacial score (nSPS) is 33.6. The lowest BCUT2D eigenvalue weighted by Gasteiger charge is -2.36. The molecule has 2 rings (SSSR count). The van der Waals surface area contributed by atoms with E-state index in [1.165, 1.54) is 0 Å². The molecule has 2 fully saturated rings. The van der Waals surface area contributed by atoms with Crippen LogP contribution in [0.5, 0.6) is 0 Å². The molecule has 0 atom stereocenters. The molecule has 19 heavy (non-hydrogen) atoms. The quantitative estimate of drug-likeness (QED) is 0.735. The molecule has 0 aliphatic carbocycles. The van der Waals surface area contributed by atoms with Crippen LogP contribution in [0.25, 0.3) is 0 Å². The standard InChI is InChI=1S/C12H25B2O5/c1-9(2)10(3,4)17-13(16-9)14(15)18-11(5,6)12(7,8)19-14/h15H,1-8H3/q-1. The van der Waals surface area contributed by atoms with Gasteiger partial charge in [0.15, 0.2) is 0 Å². The minimum Gasteiger partial charge on any atom is -0.562 e. The van der Waals surface area contributed by atoms with E-state index in [1.807, 2.05) is 55.4 Å². The molecule has 0 amide bonds. The molecular formula is C12H25B2O5-. The molecule has 0 bridgehead atoms. The smallest absolute Gasteiger partial charge is 0.403 e. The molecule has 2 aliphatic rings. The van der Waals surface area contributed by atoms with Gasteiger partial charge in [-0.05, 0) is 55.4 Å². The van der Waals surface area contributed by atoms with Crippen molar-refractivity contribution in [2.24, 2.45) is 0 Å². The first-order valence-corrected chi connectivity index (χ1v) is 6.85. The third-order valence-electron chi connectivity index (χ3n) is 4.99. The molecule has 5 nitrogen and oxygen atoms in total. The maximum absolute atomic E-state index is 10.7. The maximum Gasteiger partial charge on any atom is 0.403 e. The third kappa shape index (κ3) is 2.16. The average molecular weight is 271 g/mol. The Bertz CT molecular complexity index is 360. The third-order valence-corrected chi connectivity index (χ3v) is 4.99. The Morgan fingerprint density at radius 3 is 1.32 bits per heavy atom. The molecule has 110 valence electrons. The molecule has 0 unspecified atom stereocenters. The van der Waals surface area contributed by atoms with Crippen molar-refractivity contribution in [3.05, 3.63) is 0 Å². The Kier molecular flexibility index (Phi) is 3.04. The Balaban J connectivity index is 2.26. The minimum atomic E-state index is -2.64. The van der Waals surface area contributed by atoms with Crippen molar-refractivity contribution in [1.29, 1.82) is 0 Å². The molecule has 2 saturated heterocycles. The zero-order valence-corrected chi connectivity index (χ0v) is 13.2. The first-order chi connectivity index (χ1) is 8.23. The summed E-state index contributed by atoms with van der Waals surface area (Å²) in [7, 11) is -0.911. The predicted molar refractivity (Wildman–Crippen MR) is 74.4 cm³/mol. The summed E-state index contributed by atoms with van der Waals surface area (Å²) in [6, 6.07) is 0. The molecule has 0 aromatic heterocycles. The largest absolute Gasteiger partial charge is 0.562 e. The molecule has 0 aromatic carbocycles. The van der Waals surface area contributed by atoms with Crippen molar-refractivity contribution in [1.82, 2.24) is 0 Å². The van der Waals surface area contributed by atoms with Crippen LogP contribution < -0.4 is 0 Å². The zero-order valence-electron chi connectivity index (χ0n) is 13.2. The fraction of sp³-hybridized carbons (Fsp3) is 1.00. The zero-order chi connectivity index (χ0) is 14.9. The highest BCUT2D eigenvalue weighted by Gasteiger charge is 2.63. The van der Waals surface area contributed by atoms with Gasteiger partial charge < -0.3 is 23.6 Å². The SMILES string of the molecule is CC1(C)OB([B-]2(O)OC(C)(C)C(C)(C)O2)OC1(C)C. The van der Waals surface area contributed by atoms with E-state index in [4.69, 9.17) is 18.6 Å². The molecule has 0 saturated carbocycles. The lowest BCUT2D eigenvalue weighted by molar-refractivity contribution is 0.00578. The molecule has 0 aromatic rings. The van der Waals surface area contributed by atoms with Crippen molar-refractivity contribution < 1.29 is 23.6 Å². The van der Waals surface area contributed by atoms with Crippen LogP contribution in [0.3, 0.4) is 0 Å². The minimum absolute atomic E-state index is 0.529. The molecule has 0 spiro atoms. The predicted octanol–water partition coefficient (Wildman–Crippen LogP) is 1.69.